The number of rotatable bonds is 4. The molecule has 7 nitrogen and oxygen atoms in total. The lowest BCUT2D eigenvalue weighted by Crippen LogP contribution is -2.49. The van der Waals surface area contributed by atoms with Gasteiger partial charge in [-0.2, -0.15) is 0 Å². The first-order valence-electron chi connectivity index (χ1n) is 7.95. The van der Waals surface area contributed by atoms with Gasteiger partial charge in [-0.05, 0) is 25.7 Å². The van der Waals surface area contributed by atoms with Crippen molar-refractivity contribution in [2.45, 2.75) is 55.9 Å². The molecule has 0 radical (unpaired) electrons. The molecule has 4 rings (SSSR count). The number of hydrogen-bond acceptors (Lipinski definition) is 5. The van der Waals surface area contributed by atoms with E-state index in [1.807, 2.05) is 0 Å². The summed E-state index contributed by atoms with van der Waals surface area (Å²) in [7, 11) is 1.66. The lowest BCUT2D eigenvalue weighted by Gasteiger charge is -2.29. The van der Waals surface area contributed by atoms with Gasteiger partial charge in [-0.1, -0.05) is 0 Å². The third-order valence-corrected chi connectivity index (χ3v) is 5.66. The molecule has 22 heavy (non-hydrogen) atoms. The van der Waals surface area contributed by atoms with Crippen molar-refractivity contribution in [3.63, 3.8) is 0 Å². The summed E-state index contributed by atoms with van der Waals surface area (Å²) in [5.74, 6) is 0.0385. The second kappa shape index (κ2) is 4.83. The molecule has 2 aliphatic carbocycles. The Kier molecular flexibility index (Phi) is 3.13. The van der Waals surface area contributed by atoms with Gasteiger partial charge in [-0.15, -0.1) is 0 Å². The van der Waals surface area contributed by atoms with E-state index in [1.54, 1.807) is 7.11 Å². The topological polar surface area (TPSA) is 85.9 Å². The second-order valence-corrected chi connectivity index (χ2v) is 7.20. The summed E-state index contributed by atoms with van der Waals surface area (Å²) in [5.41, 5.74) is -0.724. The van der Waals surface area contributed by atoms with Gasteiger partial charge in [0.25, 0.3) is 0 Å². The Morgan fingerprint density at radius 3 is 3.05 bits per heavy atom. The van der Waals surface area contributed by atoms with Crippen molar-refractivity contribution in [3.8, 4) is 0 Å². The highest BCUT2D eigenvalue weighted by Crippen LogP contribution is 2.53. The second-order valence-electron chi connectivity index (χ2n) is 7.20. The van der Waals surface area contributed by atoms with Crippen molar-refractivity contribution in [1.29, 1.82) is 0 Å². The summed E-state index contributed by atoms with van der Waals surface area (Å²) in [6, 6.07) is 0.0221. The maximum Gasteiger partial charge on any atom is 0.407 e. The standard InChI is InChI=1S/C15H22N2O5/c1-20-8-15-3-2-14(6-15,7-21-15)12(18)17-10-4-9-5-11(10)22-13(19)16-9/h9-11H,2-8H2,1H3,(H,16,19)(H,17,18)/t9-,10-,11-,14?,15?/m1/s1. The van der Waals surface area contributed by atoms with E-state index in [1.165, 1.54) is 0 Å². The number of hydrogen-bond donors (Lipinski definition) is 2. The van der Waals surface area contributed by atoms with Crippen molar-refractivity contribution in [2.75, 3.05) is 20.3 Å². The molecule has 0 spiro atoms. The molecule has 2 aliphatic heterocycles. The van der Waals surface area contributed by atoms with Crippen LogP contribution in [0.1, 0.15) is 32.1 Å². The molecular formula is C15H22N2O5. The van der Waals surface area contributed by atoms with Crippen LogP contribution in [0.25, 0.3) is 0 Å². The van der Waals surface area contributed by atoms with Crippen molar-refractivity contribution in [2.24, 2.45) is 5.41 Å². The zero-order valence-corrected chi connectivity index (χ0v) is 12.7. The number of alkyl carbamates (subject to hydrolysis) is 1. The molecule has 4 bridgehead atoms. The van der Waals surface area contributed by atoms with Crippen LogP contribution in [0.15, 0.2) is 0 Å². The first-order chi connectivity index (χ1) is 10.5. The van der Waals surface area contributed by atoms with E-state index in [-0.39, 0.29) is 35.8 Å². The maximum absolute atomic E-state index is 12.8. The van der Waals surface area contributed by atoms with Crippen molar-refractivity contribution >= 4 is 12.0 Å². The summed E-state index contributed by atoms with van der Waals surface area (Å²) in [5, 5.41) is 5.89. The zero-order chi connectivity index (χ0) is 15.4. The van der Waals surface area contributed by atoms with Gasteiger partial charge in [-0.25, -0.2) is 4.79 Å². The Labute approximate surface area is 129 Å². The molecule has 2 amide bonds. The number of carbonyl (C=O) groups excluding carboxylic acids is 2. The smallest absolute Gasteiger partial charge is 0.407 e. The minimum absolute atomic E-state index is 0.0385. The minimum atomic E-state index is -0.438. The highest BCUT2D eigenvalue weighted by Gasteiger charge is 2.60. The highest BCUT2D eigenvalue weighted by molar-refractivity contribution is 5.84. The van der Waals surface area contributed by atoms with Crippen LogP contribution in [0.4, 0.5) is 4.79 Å². The summed E-state index contributed by atoms with van der Waals surface area (Å²) in [6.45, 7) is 0.999. The van der Waals surface area contributed by atoms with Gasteiger partial charge in [0.1, 0.15) is 6.10 Å². The van der Waals surface area contributed by atoms with Crippen LogP contribution in [-0.2, 0) is 19.0 Å². The molecule has 0 aromatic carbocycles. The normalized spacial score (nSPS) is 45.5. The Morgan fingerprint density at radius 1 is 1.45 bits per heavy atom. The van der Waals surface area contributed by atoms with E-state index in [4.69, 9.17) is 14.2 Å². The fourth-order valence-electron chi connectivity index (χ4n) is 4.54. The van der Waals surface area contributed by atoms with Gasteiger partial charge in [0, 0.05) is 19.6 Å². The monoisotopic (exact) mass is 310 g/mol. The molecule has 5 atom stereocenters. The molecule has 7 heteroatoms. The van der Waals surface area contributed by atoms with Crippen LogP contribution < -0.4 is 10.6 Å². The van der Waals surface area contributed by atoms with Crippen LogP contribution in [0.2, 0.25) is 0 Å². The molecule has 4 aliphatic rings. The van der Waals surface area contributed by atoms with Crippen molar-refractivity contribution in [3.05, 3.63) is 0 Å². The van der Waals surface area contributed by atoms with E-state index in [0.29, 0.717) is 13.2 Å². The lowest BCUT2D eigenvalue weighted by molar-refractivity contribution is -0.135. The molecule has 2 saturated carbocycles. The van der Waals surface area contributed by atoms with Crippen LogP contribution in [0.3, 0.4) is 0 Å². The Bertz CT molecular complexity index is 500. The number of ether oxygens (including phenoxy) is 3. The van der Waals surface area contributed by atoms with E-state index < -0.39 is 5.41 Å². The van der Waals surface area contributed by atoms with Crippen LogP contribution in [-0.4, -0.2) is 56.1 Å². The van der Waals surface area contributed by atoms with Gasteiger partial charge >= 0.3 is 6.09 Å². The molecular weight excluding hydrogens is 288 g/mol. The first kappa shape index (κ1) is 14.3. The minimum Gasteiger partial charge on any atom is -0.444 e. The van der Waals surface area contributed by atoms with Crippen LogP contribution in [0, 0.1) is 5.41 Å². The number of methoxy groups -OCH3 is 1. The summed E-state index contributed by atoms with van der Waals surface area (Å²) >= 11 is 0. The molecule has 2 saturated heterocycles. The van der Waals surface area contributed by atoms with Gasteiger partial charge in [0.15, 0.2) is 0 Å². The van der Waals surface area contributed by atoms with Crippen molar-refractivity contribution in [1.82, 2.24) is 10.6 Å². The Morgan fingerprint density at radius 2 is 2.32 bits per heavy atom. The Balaban J connectivity index is 1.42. The van der Waals surface area contributed by atoms with E-state index in [2.05, 4.69) is 10.6 Å². The van der Waals surface area contributed by atoms with E-state index >= 15 is 0 Å². The van der Waals surface area contributed by atoms with Gasteiger partial charge in [0.05, 0.1) is 30.3 Å². The summed E-state index contributed by atoms with van der Waals surface area (Å²) in [4.78, 5) is 24.2. The van der Waals surface area contributed by atoms with E-state index in [0.717, 1.165) is 32.1 Å². The van der Waals surface area contributed by atoms with Gasteiger partial charge in [0.2, 0.25) is 5.91 Å². The van der Waals surface area contributed by atoms with Crippen LogP contribution >= 0.6 is 0 Å². The SMILES string of the molecule is COCC12CCC(C(=O)N[C@@H]3C[C@@H]4C[C@H]3OC(=O)N4)(CO1)C2. The summed E-state index contributed by atoms with van der Waals surface area (Å²) in [6.07, 6.45) is 3.35. The predicted molar refractivity (Wildman–Crippen MR) is 75.2 cm³/mol. The Hall–Kier alpha value is -1.34. The number of fused-ring (bicyclic) bond motifs is 4. The molecule has 0 aromatic rings. The lowest BCUT2D eigenvalue weighted by atomic mass is 9.86. The highest BCUT2D eigenvalue weighted by atomic mass is 16.6. The number of carbonyl (C=O) groups is 2. The largest absolute Gasteiger partial charge is 0.444 e. The molecule has 4 fully saturated rings. The molecule has 122 valence electrons. The van der Waals surface area contributed by atoms with Crippen molar-refractivity contribution < 1.29 is 23.8 Å². The molecule has 2 heterocycles. The predicted octanol–water partition coefficient (Wildman–Crippen LogP) is 0.328. The quantitative estimate of drug-likeness (QED) is 0.781. The first-order valence-corrected chi connectivity index (χ1v) is 7.95. The van der Waals surface area contributed by atoms with Crippen LogP contribution in [0.5, 0.6) is 0 Å². The zero-order valence-electron chi connectivity index (χ0n) is 12.7. The third kappa shape index (κ3) is 2.10. The molecule has 2 N–H and O–H groups in total. The average Bonchev–Trinajstić information content (AvgIpc) is 3.11. The fraction of sp³-hybridized carbons (Fsp3) is 0.867. The van der Waals surface area contributed by atoms with Gasteiger partial charge in [-0.3, -0.25) is 4.79 Å². The average molecular weight is 310 g/mol. The molecule has 2 unspecified atom stereocenters. The number of amides is 2. The van der Waals surface area contributed by atoms with Gasteiger partial charge < -0.3 is 24.8 Å². The number of nitrogens with one attached hydrogen (secondary N) is 2. The maximum atomic E-state index is 12.8. The summed E-state index contributed by atoms with van der Waals surface area (Å²) < 4.78 is 16.4. The van der Waals surface area contributed by atoms with E-state index in [9.17, 15) is 9.59 Å². The third-order valence-electron chi connectivity index (χ3n) is 5.66. The molecule has 0 aromatic heterocycles. The fourth-order valence-corrected chi connectivity index (χ4v) is 4.54.